The van der Waals surface area contributed by atoms with Crippen molar-refractivity contribution < 1.29 is 27.6 Å². The minimum Gasteiger partial charge on any atom is -0.452 e. The molecule has 22 heavy (non-hydrogen) atoms. The van der Waals surface area contributed by atoms with Crippen LogP contribution in [0, 0.1) is 0 Å². The summed E-state index contributed by atoms with van der Waals surface area (Å²) in [6.07, 6.45) is 0. The Balaban J connectivity index is 3.10. The van der Waals surface area contributed by atoms with E-state index >= 15 is 0 Å². The second kappa shape index (κ2) is 7.54. The molecule has 0 aromatic heterocycles. The van der Waals surface area contributed by atoms with Gasteiger partial charge in [0.25, 0.3) is 15.9 Å². The highest BCUT2D eigenvalue weighted by atomic mass is 35.5. The number of nitrogens with zero attached hydrogens (tertiary/aromatic N) is 1. The van der Waals surface area contributed by atoms with Gasteiger partial charge < -0.3 is 10.1 Å². The maximum atomic E-state index is 12.1. The molecule has 0 aliphatic rings. The van der Waals surface area contributed by atoms with E-state index in [1.807, 2.05) is 0 Å². The van der Waals surface area contributed by atoms with Crippen LogP contribution in [-0.4, -0.2) is 52.6 Å². The Kier molecular flexibility index (Phi) is 6.30. The number of amides is 1. The number of esters is 1. The number of hydroxylamine groups is 1. The van der Waals surface area contributed by atoms with E-state index in [0.29, 0.717) is 4.47 Å². The van der Waals surface area contributed by atoms with Crippen LogP contribution in [0.2, 0.25) is 5.02 Å². The Hall–Kier alpha value is -1.68. The SMILES string of the molecule is CNC(=O)COC(=O)c1cc(S(=O)(=O)N(C)OC)ccc1Cl. The predicted octanol–water partition coefficient (Wildman–Crippen LogP) is 0.425. The Bertz CT molecular complexity index is 676. The van der Waals surface area contributed by atoms with Crippen LogP contribution in [0.4, 0.5) is 0 Å². The third-order valence-electron chi connectivity index (χ3n) is 2.66. The Labute approximate surface area is 132 Å². The molecule has 1 amide bonds. The van der Waals surface area contributed by atoms with Crippen molar-refractivity contribution in [2.75, 3.05) is 27.8 Å². The van der Waals surface area contributed by atoms with Gasteiger partial charge in [0.1, 0.15) is 0 Å². The van der Waals surface area contributed by atoms with E-state index in [9.17, 15) is 18.0 Å². The van der Waals surface area contributed by atoms with Crippen molar-refractivity contribution >= 4 is 33.5 Å². The van der Waals surface area contributed by atoms with Gasteiger partial charge in [0.15, 0.2) is 6.61 Å². The number of ether oxygens (including phenoxy) is 1. The van der Waals surface area contributed by atoms with Gasteiger partial charge in [-0.2, -0.15) is 0 Å². The summed E-state index contributed by atoms with van der Waals surface area (Å²) < 4.78 is 29.6. The lowest BCUT2D eigenvalue weighted by Crippen LogP contribution is -2.26. The number of carbonyl (C=O) groups is 2. The summed E-state index contributed by atoms with van der Waals surface area (Å²) >= 11 is 5.86. The summed E-state index contributed by atoms with van der Waals surface area (Å²) in [5, 5.41) is 2.28. The summed E-state index contributed by atoms with van der Waals surface area (Å²) in [6, 6.07) is 3.52. The first kappa shape index (κ1) is 18.4. The minimum atomic E-state index is -3.93. The number of benzene rings is 1. The van der Waals surface area contributed by atoms with Gasteiger partial charge in [-0.3, -0.25) is 9.63 Å². The Morgan fingerprint density at radius 2 is 2.00 bits per heavy atom. The molecule has 0 radical (unpaired) electrons. The highest BCUT2D eigenvalue weighted by Gasteiger charge is 2.24. The summed E-state index contributed by atoms with van der Waals surface area (Å²) in [5.74, 6) is -1.42. The summed E-state index contributed by atoms with van der Waals surface area (Å²) in [7, 11) is -0.158. The third-order valence-corrected chi connectivity index (χ3v) is 4.67. The van der Waals surface area contributed by atoms with Crippen molar-refractivity contribution in [3.05, 3.63) is 28.8 Å². The monoisotopic (exact) mass is 350 g/mol. The summed E-state index contributed by atoms with van der Waals surface area (Å²) in [5.41, 5.74) is -0.170. The number of hydrogen-bond donors (Lipinski definition) is 1. The van der Waals surface area contributed by atoms with Gasteiger partial charge in [0.2, 0.25) is 0 Å². The van der Waals surface area contributed by atoms with Gasteiger partial charge in [0, 0.05) is 14.1 Å². The van der Waals surface area contributed by atoms with Crippen LogP contribution in [-0.2, 0) is 24.4 Å². The van der Waals surface area contributed by atoms with E-state index in [0.717, 1.165) is 6.07 Å². The average molecular weight is 351 g/mol. The Morgan fingerprint density at radius 3 is 2.55 bits per heavy atom. The van der Waals surface area contributed by atoms with E-state index < -0.39 is 28.5 Å². The van der Waals surface area contributed by atoms with E-state index in [1.165, 1.54) is 33.3 Å². The molecule has 10 heteroatoms. The van der Waals surface area contributed by atoms with Gasteiger partial charge >= 0.3 is 5.97 Å². The largest absolute Gasteiger partial charge is 0.452 e. The molecule has 0 heterocycles. The molecule has 0 atom stereocenters. The molecule has 0 spiro atoms. The minimum absolute atomic E-state index is 0.000858. The van der Waals surface area contributed by atoms with Crippen LogP contribution in [0.3, 0.4) is 0 Å². The zero-order valence-corrected chi connectivity index (χ0v) is 13.7. The first-order valence-electron chi connectivity index (χ1n) is 5.94. The zero-order chi connectivity index (χ0) is 16.9. The first-order valence-corrected chi connectivity index (χ1v) is 7.76. The highest BCUT2D eigenvalue weighted by molar-refractivity contribution is 7.89. The first-order chi connectivity index (χ1) is 10.2. The summed E-state index contributed by atoms with van der Waals surface area (Å²) in [6.45, 7) is -0.499. The van der Waals surface area contributed by atoms with E-state index in [1.54, 1.807) is 0 Å². The maximum absolute atomic E-state index is 12.1. The lowest BCUT2D eigenvalue weighted by molar-refractivity contribution is -0.123. The molecule has 0 unspecified atom stereocenters. The van der Waals surface area contributed by atoms with Gasteiger partial charge in [-0.1, -0.05) is 16.1 Å². The molecule has 0 fully saturated rings. The standard InChI is InChI=1S/C12H15ClN2O6S/c1-14-11(16)7-21-12(17)9-6-8(4-5-10(9)13)22(18,19)15(2)20-3/h4-6H,7H2,1-3H3,(H,14,16). The van der Waals surface area contributed by atoms with Crippen LogP contribution in [0.15, 0.2) is 23.1 Å². The lowest BCUT2D eigenvalue weighted by atomic mass is 10.2. The van der Waals surface area contributed by atoms with Gasteiger partial charge in [-0.05, 0) is 18.2 Å². The van der Waals surface area contributed by atoms with Crippen molar-refractivity contribution in [2.24, 2.45) is 0 Å². The maximum Gasteiger partial charge on any atom is 0.340 e. The average Bonchev–Trinajstić information content (AvgIpc) is 2.51. The fraction of sp³-hybridized carbons (Fsp3) is 0.333. The number of hydrogen-bond acceptors (Lipinski definition) is 6. The number of likely N-dealkylation sites (N-methyl/N-ethyl adjacent to an activating group) is 1. The molecule has 122 valence electrons. The highest BCUT2D eigenvalue weighted by Crippen LogP contribution is 2.23. The van der Waals surface area contributed by atoms with E-state index in [4.69, 9.17) is 16.3 Å². The quantitative estimate of drug-likeness (QED) is 0.589. The molecule has 0 saturated heterocycles. The lowest BCUT2D eigenvalue weighted by Gasteiger charge is -2.15. The van der Waals surface area contributed by atoms with E-state index in [2.05, 4.69) is 10.2 Å². The van der Waals surface area contributed by atoms with Gasteiger partial charge in [-0.15, -0.1) is 0 Å². The van der Waals surface area contributed by atoms with Crippen LogP contribution in [0.25, 0.3) is 0 Å². The second-order valence-corrected chi connectivity index (χ2v) is 6.33. The van der Waals surface area contributed by atoms with Crippen LogP contribution in [0.1, 0.15) is 10.4 Å². The molecular weight excluding hydrogens is 336 g/mol. The van der Waals surface area contributed by atoms with Crippen LogP contribution >= 0.6 is 11.6 Å². The molecule has 1 rings (SSSR count). The molecule has 0 saturated carbocycles. The molecule has 1 N–H and O–H groups in total. The predicted molar refractivity (Wildman–Crippen MR) is 77.8 cm³/mol. The zero-order valence-electron chi connectivity index (χ0n) is 12.1. The molecule has 1 aromatic rings. The molecule has 0 bridgehead atoms. The fourth-order valence-electron chi connectivity index (χ4n) is 1.35. The van der Waals surface area contributed by atoms with Gasteiger partial charge in [-0.25, -0.2) is 13.2 Å². The Morgan fingerprint density at radius 1 is 1.36 bits per heavy atom. The number of rotatable bonds is 6. The third kappa shape index (κ3) is 4.17. The van der Waals surface area contributed by atoms with Crippen molar-refractivity contribution in [1.82, 2.24) is 9.79 Å². The number of sulfonamides is 1. The van der Waals surface area contributed by atoms with Crippen molar-refractivity contribution in [2.45, 2.75) is 4.90 Å². The van der Waals surface area contributed by atoms with Crippen molar-refractivity contribution in [1.29, 1.82) is 0 Å². The van der Waals surface area contributed by atoms with Crippen LogP contribution in [0.5, 0.6) is 0 Å². The fourth-order valence-corrected chi connectivity index (χ4v) is 2.54. The van der Waals surface area contributed by atoms with Crippen LogP contribution < -0.4 is 5.32 Å². The summed E-state index contributed by atoms with van der Waals surface area (Å²) in [4.78, 5) is 27.4. The topological polar surface area (TPSA) is 102 Å². The normalized spacial score (nSPS) is 11.3. The molecule has 0 aliphatic carbocycles. The molecule has 0 aliphatic heterocycles. The van der Waals surface area contributed by atoms with Crippen molar-refractivity contribution in [3.63, 3.8) is 0 Å². The molecule has 8 nitrogen and oxygen atoms in total. The smallest absolute Gasteiger partial charge is 0.340 e. The molecular formula is C12H15ClN2O6S. The van der Waals surface area contributed by atoms with Gasteiger partial charge in [0.05, 0.1) is 22.6 Å². The number of nitrogens with one attached hydrogen (secondary N) is 1. The molecule has 1 aromatic carbocycles. The second-order valence-electron chi connectivity index (χ2n) is 3.99. The number of halogens is 1. The number of carbonyl (C=O) groups excluding carboxylic acids is 2. The van der Waals surface area contributed by atoms with E-state index in [-0.39, 0.29) is 15.5 Å². The van der Waals surface area contributed by atoms with Crippen molar-refractivity contribution in [3.8, 4) is 0 Å².